The summed E-state index contributed by atoms with van der Waals surface area (Å²) in [5, 5.41) is 13.6. The first kappa shape index (κ1) is 18.9. The Labute approximate surface area is 157 Å². The number of aryl methyl sites for hydroxylation is 1. The number of benzene rings is 1. The molecule has 2 heterocycles. The standard InChI is InChI=1S/C19H23N3O5/c1-13-3-4-17(26-2)16(11-13)22-8-5-15(20-22)19(25)21(12-18(23)24)14-6-9-27-10-7-14/h3-5,8,11,14H,6-7,9-10,12H2,1-2H3,(H,23,24). The molecule has 0 spiro atoms. The second-order valence-corrected chi connectivity index (χ2v) is 6.49. The minimum absolute atomic E-state index is 0.166. The quantitative estimate of drug-likeness (QED) is 0.831. The Hall–Kier alpha value is -2.87. The molecular formula is C19H23N3O5. The molecule has 1 fully saturated rings. The van der Waals surface area contributed by atoms with E-state index in [1.165, 1.54) is 4.90 Å². The molecule has 8 nitrogen and oxygen atoms in total. The lowest BCUT2D eigenvalue weighted by atomic mass is 10.1. The molecule has 0 saturated carbocycles. The number of carboxylic acids is 1. The van der Waals surface area contributed by atoms with Gasteiger partial charge in [0.05, 0.1) is 7.11 Å². The van der Waals surface area contributed by atoms with Crippen LogP contribution in [-0.4, -0.2) is 64.6 Å². The van der Waals surface area contributed by atoms with Crippen LogP contribution in [0.4, 0.5) is 0 Å². The summed E-state index contributed by atoms with van der Waals surface area (Å²) < 4.78 is 12.3. The maximum absolute atomic E-state index is 13.0. The predicted molar refractivity (Wildman–Crippen MR) is 97.4 cm³/mol. The van der Waals surface area contributed by atoms with Gasteiger partial charge in [0.25, 0.3) is 5.91 Å². The van der Waals surface area contributed by atoms with E-state index in [0.717, 1.165) is 5.56 Å². The van der Waals surface area contributed by atoms with Gasteiger partial charge in [0.2, 0.25) is 0 Å². The van der Waals surface area contributed by atoms with Gasteiger partial charge in [-0.05, 0) is 43.5 Å². The number of hydrogen-bond acceptors (Lipinski definition) is 5. The maximum atomic E-state index is 13.0. The first-order valence-corrected chi connectivity index (χ1v) is 8.81. The predicted octanol–water partition coefficient (Wildman–Crippen LogP) is 1.90. The summed E-state index contributed by atoms with van der Waals surface area (Å²) in [4.78, 5) is 25.6. The van der Waals surface area contributed by atoms with Crippen LogP contribution in [-0.2, 0) is 9.53 Å². The molecule has 1 aliphatic rings. The van der Waals surface area contributed by atoms with Crippen molar-refractivity contribution in [3.05, 3.63) is 41.7 Å². The number of methoxy groups -OCH3 is 1. The van der Waals surface area contributed by atoms with Crippen LogP contribution < -0.4 is 4.74 Å². The average molecular weight is 373 g/mol. The van der Waals surface area contributed by atoms with Crippen molar-refractivity contribution >= 4 is 11.9 Å². The van der Waals surface area contributed by atoms with Crippen LogP contribution in [0.5, 0.6) is 5.75 Å². The van der Waals surface area contributed by atoms with Gasteiger partial charge in [0.1, 0.15) is 18.0 Å². The zero-order valence-corrected chi connectivity index (χ0v) is 15.4. The Kier molecular flexibility index (Phi) is 5.75. The number of carbonyl (C=O) groups is 2. The van der Waals surface area contributed by atoms with Crippen molar-refractivity contribution in [2.45, 2.75) is 25.8 Å². The minimum atomic E-state index is -1.05. The van der Waals surface area contributed by atoms with Crippen LogP contribution in [0, 0.1) is 6.92 Å². The molecule has 3 rings (SSSR count). The number of carbonyl (C=O) groups excluding carboxylic acids is 1. The highest BCUT2D eigenvalue weighted by atomic mass is 16.5. The fraction of sp³-hybridized carbons (Fsp3) is 0.421. The van der Waals surface area contributed by atoms with Gasteiger partial charge in [-0.15, -0.1) is 0 Å². The van der Waals surface area contributed by atoms with E-state index in [1.807, 2.05) is 25.1 Å². The van der Waals surface area contributed by atoms with E-state index in [9.17, 15) is 14.7 Å². The fourth-order valence-electron chi connectivity index (χ4n) is 3.21. The summed E-state index contributed by atoms with van der Waals surface area (Å²) in [6, 6.07) is 7.11. The number of aliphatic carboxylic acids is 1. The van der Waals surface area contributed by atoms with E-state index in [2.05, 4.69) is 5.10 Å². The second kappa shape index (κ2) is 8.22. The largest absolute Gasteiger partial charge is 0.494 e. The van der Waals surface area contributed by atoms with Gasteiger partial charge >= 0.3 is 5.97 Å². The van der Waals surface area contributed by atoms with E-state index in [-0.39, 0.29) is 18.3 Å². The van der Waals surface area contributed by atoms with Crippen LogP contribution in [0.1, 0.15) is 28.9 Å². The third-order valence-electron chi connectivity index (χ3n) is 4.59. The van der Waals surface area contributed by atoms with Crippen molar-refractivity contribution < 1.29 is 24.2 Å². The summed E-state index contributed by atoms with van der Waals surface area (Å²) in [6.45, 7) is 2.63. The normalized spacial score (nSPS) is 14.7. The zero-order valence-electron chi connectivity index (χ0n) is 15.4. The number of carboxylic acid groups (broad SMARTS) is 1. The minimum Gasteiger partial charge on any atom is -0.494 e. The summed E-state index contributed by atoms with van der Waals surface area (Å²) in [5.41, 5.74) is 1.95. The zero-order chi connectivity index (χ0) is 19.4. The number of ether oxygens (including phenoxy) is 2. The molecule has 27 heavy (non-hydrogen) atoms. The molecule has 1 aromatic heterocycles. The Bertz CT molecular complexity index is 827. The Morgan fingerprint density at radius 2 is 2.07 bits per heavy atom. The number of amides is 1. The lowest BCUT2D eigenvalue weighted by Crippen LogP contribution is -2.46. The first-order valence-electron chi connectivity index (χ1n) is 8.81. The molecule has 1 aromatic carbocycles. The first-order chi connectivity index (χ1) is 13.0. The molecule has 0 unspecified atom stereocenters. The third kappa shape index (κ3) is 4.28. The van der Waals surface area contributed by atoms with E-state index >= 15 is 0 Å². The van der Waals surface area contributed by atoms with Crippen molar-refractivity contribution in [1.29, 1.82) is 0 Å². The Morgan fingerprint density at radius 3 is 2.74 bits per heavy atom. The highest BCUT2D eigenvalue weighted by molar-refractivity contribution is 5.94. The van der Waals surface area contributed by atoms with Gasteiger partial charge in [-0.25, -0.2) is 4.68 Å². The van der Waals surface area contributed by atoms with Gasteiger partial charge in [0, 0.05) is 25.5 Å². The number of rotatable bonds is 6. The fourth-order valence-corrected chi connectivity index (χ4v) is 3.21. The molecule has 1 saturated heterocycles. The van der Waals surface area contributed by atoms with Crippen molar-refractivity contribution in [1.82, 2.24) is 14.7 Å². The van der Waals surface area contributed by atoms with Crippen LogP contribution in [0.25, 0.3) is 5.69 Å². The van der Waals surface area contributed by atoms with Gasteiger partial charge < -0.3 is 19.5 Å². The second-order valence-electron chi connectivity index (χ2n) is 6.49. The Balaban J connectivity index is 1.88. The highest BCUT2D eigenvalue weighted by Crippen LogP contribution is 2.24. The smallest absolute Gasteiger partial charge is 0.323 e. The topological polar surface area (TPSA) is 93.9 Å². The van der Waals surface area contributed by atoms with Gasteiger partial charge in [-0.2, -0.15) is 5.10 Å². The summed E-state index contributed by atoms with van der Waals surface area (Å²) >= 11 is 0. The van der Waals surface area contributed by atoms with Crippen molar-refractivity contribution in [3.8, 4) is 11.4 Å². The molecule has 0 radical (unpaired) electrons. The summed E-state index contributed by atoms with van der Waals surface area (Å²) in [6.07, 6.45) is 2.91. The van der Waals surface area contributed by atoms with Crippen LogP contribution in [0.3, 0.4) is 0 Å². The van der Waals surface area contributed by atoms with Crippen molar-refractivity contribution in [2.75, 3.05) is 26.9 Å². The summed E-state index contributed by atoms with van der Waals surface area (Å²) in [7, 11) is 1.57. The van der Waals surface area contributed by atoms with Crippen molar-refractivity contribution in [3.63, 3.8) is 0 Å². The molecule has 0 aliphatic carbocycles. The van der Waals surface area contributed by atoms with Crippen LogP contribution in [0.15, 0.2) is 30.5 Å². The summed E-state index contributed by atoms with van der Waals surface area (Å²) in [5.74, 6) is -0.807. The maximum Gasteiger partial charge on any atom is 0.323 e. The average Bonchev–Trinajstić information content (AvgIpc) is 3.16. The number of nitrogens with zero attached hydrogens (tertiary/aromatic N) is 3. The van der Waals surface area contributed by atoms with Gasteiger partial charge in [-0.1, -0.05) is 6.07 Å². The molecule has 0 atom stereocenters. The van der Waals surface area contributed by atoms with Crippen molar-refractivity contribution in [2.24, 2.45) is 0 Å². The molecule has 0 bridgehead atoms. The lowest BCUT2D eigenvalue weighted by Gasteiger charge is -2.32. The van der Waals surface area contributed by atoms with Crippen LogP contribution >= 0.6 is 0 Å². The lowest BCUT2D eigenvalue weighted by molar-refractivity contribution is -0.138. The van der Waals surface area contributed by atoms with E-state index in [4.69, 9.17) is 9.47 Å². The molecule has 1 aliphatic heterocycles. The number of aromatic nitrogens is 2. The van der Waals surface area contributed by atoms with Gasteiger partial charge in [0.15, 0.2) is 5.69 Å². The van der Waals surface area contributed by atoms with E-state index in [1.54, 1.807) is 24.1 Å². The molecule has 8 heteroatoms. The van der Waals surface area contributed by atoms with E-state index in [0.29, 0.717) is 37.5 Å². The molecule has 144 valence electrons. The highest BCUT2D eigenvalue weighted by Gasteiger charge is 2.29. The third-order valence-corrected chi connectivity index (χ3v) is 4.59. The van der Waals surface area contributed by atoms with Gasteiger partial charge in [-0.3, -0.25) is 9.59 Å². The SMILES string of the molecule is COc1ccc(C)cc1-n1ccc(C(=O)N(CC(=O)O)C2CCOCC2)n1. The Morgan fingerprint density at radius 1 is 1.33 bits per heavy atom. The monoisotopic (exact) mass is 373 g/mol. The van der Waals surface area contributed by atoms with E-state index < -0.39 is 11.9 Å². The molecule has 1 amide bonds. The molecule has 2 aromatic rings. The molecule has 1 N–H and O–H groups in total. The van der Waals surface area contributed by atoms with Crippen LogP contribution in [0.2, 0.25) is 0 Å². The molecular weight excluding hydrogens is 350 g/mol. The number of hydrogen-bond donors (Lipinski definition) is 1.